The molecule has 0 saturated carbocycles. The van der Waals surface area contributed by atoms with Crippen molar-refractivity contribution in [3.63, 3.8) is 0 Å². The summed E-state index contributed by atoms with van der Waals surface area (Å²) in [6.07, 6.45) is 29.4. The minimum Gasteiger partial charge on any atom is -0.463 e. The zero-order valence-electron chi connectivity index (χ0n) is 20.9. The maximum atomic E-state index is 10.9. The molecule has 0 saturated heterocycles. The summed E-state index contributed by atoms with van der Waals surface area (Å²) in [7, 11) is -0.671. The third kappa shape index (κ3) is 17.3. The van der Waals surface area contributed by atoms with E-state index >= 15 is 0 Å². The SMILES string of the molecule is C=CC(=O)OCCCCCCCCCCCC[P+](CCCC)(CCCC)CCCC. The van der Waals surface area contributed by atoms with Crippen molar-refractivity contribution in [1.82, 2.24) is 0 Å². The molecule has 0 N–H and O–H groups in total. The first-order valence-corrected chi connectivity index (χ1v) is 15.8. The van der Waals surface area contributed by atoms with Gasteiger partial charge in [0, 0.05) is 13.3 Å². The lowest BCUT2D eigenvalue weighted by Crippen LogP contribution is -2.13. The van der Waals surface area contributed by atoms with Crippen LogP contribution in [-0.2, 0) is 9.53 Å². The summed E-state index contributed by atoms with van der Waals surface area (Å²) < 4.78 is 5.01. The first-order chi connectivity index (χ1) is 14.6. The second kappa shape index (κ2) is 21.9. The molecule has 0 spiro atoms. The Morgan fingerprint density at radius 3 is 1.40 bits per heavy atom. The molecule has 0 aromatic heterocycles. The van der Waals surface area contributed by atoms with Crippen LogP contribution in [0.15, 0.2) is 12.7 Å². The number of carbonyl (C=O) groups excluding carboxylic acids is 1. The summed E-state index contributed by atoms with van der Waals surface area (Å²) >= 11 is 0. The fourth-order valence-electron chi connectivity index (χ4n) is 4.35. The number of esters is 1. The van der Waals surface area contributed by atoms with Gasteiger partial charge in [-0.25, -0.2) is 4.79 Å². The predicted octanol–water partition coefficient (Wildman–Crippen LogP) is 9.03. The molecular weight excluding hydrogens is 387 g/mol. The highest BCUT2D eigenvalue weighted by molar-refractivity contribution is 7.75. The molecule has 0 radical (unpaired) electrons. The van der Waals surface area contributed by atoms with E-state index in [2.05, 4.69) is 27.4 Å². The largest absolute Gasteiger partial charge is 0.463 e. The molecule has 2 nitrogen and oxygen atoms in total. The van der Waals surface area contributed by atoms with Gasteiger partial charge in [-0.05, 0) is 38.5 Å². The highest BCUT2D eigenvalue weighted by Gasteiger charge is 2.34. The van der Waals surface area contributed by atoms with Crippen LogP contribution >= 0.6 is 7.26 Å². The second-order valence-corrected chi connectivity index (χ2v) is 13.7. The third-order valence-corrected chi connectivity index (χ3v) is 11.5. The van der Waals surface area contributed by atoms with E-state index in [0.29, 0.717) is 6.61 Å². The van der Waals surface area contributed by atoms with E-state index in [1.807, 2.05) is 0 Å². The first kappa shape index (κ1) is 29.6. The third-order valence-electron chi connectivity index (χ3n) is 6.40. The summed E-state index contributed by atoms with van der Waals surface area (Å²) in [5.41, 5.74) is 0. The average Bonchev–Trinajstić information content (AvgIpc) is 2.77. The smallest absolute Gasteiger partial charge is 0.330 e. The molecule has 178 valence electrons. The van der Waals surface area contributed by atoms with Crippen LogP contribution in [0.25, 0.3) is 0 Å². The zero-order chi connectivity index (χ0) is 22.3. The average molecular weight is 442 g/mol. The van der Waals surface area contributed by atoms with Gasteiger partial charge in [0.15, 0.2) is 0 Å². The van der Waals surface area contributed by atoms with E-state index in [1.54, 1.807) is 24.6 Å². The Bertz CT molecular complexity index is 373. The normalized spacial score (nSPS) is 11.6. The maximum Gasteiger partial charge on any atom is 0.330 e. The Kier molecular flexibility index (Phi) is 21.6. The lowest BCUT2D eigenvalue weighted by Gasteiger charge is -2.28. The van der Waals surface area contributed by atoms with E-state index in [0.717, 1.165) is 6.42 Å². The Hall–Kier alpha value is -0.360. The van der Waals surface area contributed by atoms with Crippen molar-refractivity contribution in [2.75, 3.05) is 31.3 Å². The quantitative estimate of drug-likeness (QED) is 0.0684. The van der Waals surface area contributed by atoms with Crippen LogP contribution in [0.3, 0.4) is 0 Å². The second-order valence-electron chi connectivity index (χ2n) is 9.20. The van der Waals surface area contributed by atoms with Crippen molar-refractivity contribution in [2.45, 2.75) is 124 Å². The van der Waals surface area contributed by atoms with Gasteiger partial charge in [-0.1, -0.05) is 91.6 Å². The summed E-state index contributed by atoms with van der Waals surface area (Å²) in [6.45, 7) is 11.1. The van der Waals surface area contributed by atoms with Crippen molar-refractivity contribution in [3.8, 4) is 0 Å². The van der Waals surface area contributed by atoms with E-state index in [4.69, 9.17) is 4.74 Å². The molecule has 0 aliphatic rings. The van der Waals surface area contributed by atoms with E-state index < -0.39 is 7.26 Å². The molecule has 0 aliphatic heterocycles. The Morgan fingerprint density at radius 1 is 0.633 bits per heavy atom. The van der Waals surface area contributed by atoms with Crippen molar-refractivity contribution < 1.29 is 9.53 Å². The highest BCUT2D eigenvalue weighted by atomic mass is 31.2. The van der Waals surface area contributed by atoms with Gasteiger partial charge in [-0.3, -0.25) is 0 Å². The minimum absolute atomic E-state index is 0.296. The molecule has 0 unspecified atom stereocenters. The fourth-order valence-corrected chi connectivity index (χ4v) is 9.54. The number of rotatable bonds is 23. The first-order valence-electron chi connectivity index (χ1n) is 13.3. The van der Waals surface area contributed by atoms with Gasteiger partial charge in [0.1, 0.15) is 0 Å². The summed E-state index contributed by atoms with van der Waals surface area (Å²) in [5, 5.41) is 0. The molecule has 0 bridgehead atoms. The number of hydrogen-bond acceptors (Lipinski definition) is 2. The van der Waals surface area contributed by atoms with E-state index in [1.165, 1.54) is 102 Å². The van der Waals surface area contributed by atoms with Gasteiger partial charge in [-0.2, -0.15) is 0 Å². The van der Waals surface area contributed by atoms with Gasteiger partial charge in [-0.15, -0.1) is 0 Å². The summed E-state index contributed by atoms with van der Waals surface area (Å²) in [5.74, 6) is -0.296. The van der Waals surface area contributed by atoms with Gasteiger partial charge in [0.05, 0.1) is 31.3 Å². The maximum absolute atomic E-state index is 10.9. The minimum atomic E-state index is -0.671. The van der Waals surface area contributed by atoms with Crippen molar-refractivity contribution >= 4 is 13.2 Å². The van der Waals surface area contributed by atoms with Crippen molar-refractivity contribution in [1.29, 1.82) is 0 Å². The van der Waals surface area contributed by atoms with Crippen molar-refractivity contribution in [3.05, 3.63) is 12.7 Å². The molecule has 30 heavy (non-hydrogen) atoms. The zero-order valence-corrected chi connectivity index (χ0v) is 21.8. The van der Waals surface area contributed by atoms with Crippen LogP contribution in [0.2, 0.25) is 0 Å². The van der Waals surface area contributed by atoms with Crippen LogP contribution in [-0.4, -0.2) is 37.2 Å². The Morgan fingerprint density at radius 2 is 1.00 bits per heavy atom. The van der Waals surface area contributed by atoms with Crippen LogP contribution in [0.5, 0.6) is 0 Å². The predicted molar refractivity (Wildman–Crippen MR) is 138 cm³/mol. The number of ether oxygens (including phenoxy) is 1. The van der Waals surface area contributed by atoms with E-state index in [9.17, 15) is 4.79 Å². The standard InChI is InChI=1S/C27H54O2P/c1-5-9-23-30(24-10-6-2,25-11-7-3)26-21-19-17-15-13-12-14-16-18-20-22-29-27(28)8-4/h8H,4-7,9-26H2,1-3H3/q+1. The van der Waals surface area contributed by atoms with Crippen LogP contribution in [0.1, 0.15) is 124 Å². The van der Waals surface area contributed by atoms with Gasteiger partial charge >= 0.3 is 5.97 Å². The fraction of sp³-hybridized carbons (Fsp3) is 0.889. The molecule has 3 heteroatoms. The topological polar surface area (TPSA) is 26.3 Å². The molecular formula is C27H54O2P+. The highest BCUT2D eigenvalue weighted by Crippen LogP contribution is 2.61. The van der Waals surface area contributed by atoms with Crippen molar-refractivity contribution in [2.24, 2.45) is 0 Å². The molecule has 0 heterocycles. The molecule has 0 aromatic rings. The summed E-state index contributed by atoms with van der Waals surface area (Å²) in [4.78, 5) is 10.9. The van der Waals surface area contributed by atoms with E-state index in [-0.39, 0.29) is 5.97 Å². The van der Waals surface area contributed by atoms with Crippen LogP contribution in [0, 0.1) is 0 Å². The monoisotopic (exact) mass is 441 g/mol. The van der Waals surface area contributed by atoms with Gasteiger partial charge in [0.25, 0.3) is 0 Å². The number of carbonyl (C=O) groups is 1. The molecule has 0 aliphatic carbocycles. The Labute approximate surface area is 190 Å². The number of unbranched alkanes of at least 4 members (excludes halogenated alkanes) is 12. The van der Waals surface area contributed by atoms with Gasteiger partial charge < -0.3 is 4.74 Å². The Balaban J connectivity index is 3.81. The summed E-state index contributed by atoms with van der Waals surface area (Å²) in [6, 6.07) is 0. The molecule has 0 fully saturated rings. The molecule has 0 aromatic carbocycles. The van der Waals surface area contributed by atoms with Crippen LogP contribution < -0.4 is 0 Å². The lowest BCUT2D eigenvalue weighted by molar-refractivity contribution is -0.137. The van der Waals surface area contributed by atoms with Gasteiger partial charge in [0.2, 0.25) is 0 Å². The lowest BCUT2D eigenvalue weighted by atomic mass is 10.1. The molecule has 0 amide bonds. The molecule has 0 atom stereocenters. The van der Waals surface area contributed by atoms with Crippen LogP contribution in [0.4, 0.5) is 0 Å². The number of hydrogen-bond donors (Lipinski definition) is 0. The molecule has 0 rings (SSSR count).